The molecule has 29 heavy (non-hydrogen) atoms. The maximum atomic E-state index is 12.9. The van der Waals surface area contributed by atoms with Crippen LogP contribution in [0.3, 0.4) is 0 Å². The van der Waals surface area contributed by atoms with Gasteiger partial charge in [0.1, 0.15) is 0 Å². The van der Waals surface area contributed by atoms with Crippen molar-refractivity contribution in [2.75, 3.05) is 39.4 Å². The van der Waals surface area contributed by atoms with Gasteiger partial charge in [-0.3, -0.25) is 14.5 Å². The number of nitrogens with one attached hydrogen (secondary N) is 1. The van der Waals surface area contributed by atoms with Gasteiger partial charge in [-0.2, -0.15) is 13.2 Å². The van der Waals surface area contributed by atoms with E-state index >= 15 is 0 Å². The SMILES string of the molecule is CC(CN1CCOCC1)NC(=O)C1CC(=O)N(Cc2cccc(C(F)(F)F)c2)C1. The Bertz CT molecular complexity index is 735. The molecule has 0 bridgehead atoms. The Morgan fingerprint density at radius 3 is 2.72 bits per heavy atom. The van der Waals surface area contributed by atoms with Crippen LogP contribution in [0, 0.1) is 5.92 Å². The van der Waals surface area contributed by atoms with Crippen LogP contribution >= 0.6 is 0 Å². The lowest BCUT2D eigenvalue weighted by Gasteiger charge is -2.29. The van der Waals surface area contributed by atoms with Crippen molar-refractivity contribution in [1.82, 2.24) is 15.1 Å². The summed E-state index contributed by atoms with van der Waals surface area (Å²) < 4.78 is 43.9. The average molecular weight is 413 g/mol. The van der Waals surface area contributed by atoms with E-state index in [1.807, 2.05) is 6.92 Å². The first kappa shape index (κ1) is 21.6. The molecule has 0 spiro atoms. The minimum Gasteiger partial charge on any atom is -0.379 e. The molecule has 0 saturated carbocycles. The van der Waals surface area contributed by atoms with Crippen LogP contribution in [-0.4, -0.2) is 67.0 Å². The van der Waals surface area contributed by atoms with E-state index in [4.69, 9.17) is 4.74 Å². The standard InChI is InChI=1S/C20H26F3N3O3/c1-14(11-25-5-7-29-8-6-25)24-19(28)16-10-18(27)26(13-16)12-15-3-2-4-17(9-15)20(21,22)23/h2-4,9,14,16H,5-8,10-13H2,1H3,(H,24,28). The van der Waals surface area contributed by atoms with Crippen LogP contribution in [-0.2, 0) is 27.0 Å². The Balaban J connectivity index is 1.52. The fourth-order valence-corrected chi connectivity index (χ4v) is 3.74. The van der Waals surface area contributed by atoms with Crippen LogP contribution < -0.4 is 5.32 Å². The van der Waals surface area contributed by atoms with E-state index in [9.17, 15) is 22.8 Å². The van der Waals surface area contributed by atoms with Gasteiger partial charge in [-0.1, -0.05) is 12.1 Å². The van der Waals surface area contributed by atoms with Crippen molar-refractivity contribution in [3.8, 4) is 0 Å². The molecule has 2 fully saturated rings. The van der Waals surface area contributed by atoms with Crippen molar-refractivity contribution in [2.24, 2.45) is 5.92 Å². The predicted molar refractivity (Wildman–Crippen MR) is 99.8 cm³/mol. The zero-order chi connectivity index (χ0) is 21.0. The number of amides is 2. The summed E-state index contributed by atoms with van der Waals surface area (Å²) in [6.45, 7) is 5.93. The summed E-state index contributed by atoms with van der Waals surface area (Å²) >= 11 is 0. The van der Waals surface area contributed by atoms with Gasteiger partial charge >= 0.3 is 6.18 Å². The van der Waals surface area contributed by atoms with Gasteiger partial charge in [0, 0.05) is 45.2 Å². The summed E-state index contributed by atoms with van der Waals surface area (Å²) in [6, 6.07) is 4.87. The molecule has 2 saturated heterocycles. The van der Waals surface area contributed by atoms with E-state index in [-0.39, 0.29) is 37.4 Å². The lowest BCUT2D eigenvalue weighted by molar-refractivity contribution is -0.137. The number of carbonyl (C=O) groups is 2. The Morgan fingerprint density at radius 2 is 2.03 bits per heavy atom. The van der Waals surface area contributed by atoms with Crippen molar-refractivity contribution in [1.29, 1.82) is 0 Å². The van der Waals surface area contributed by atoms with Crippen LogP contribution in [0.25, 0.3) is 0 Å². The third kappa shape index (κ3) is 5.93. The van der Waals surface area contributed by atoms with E-state index in [2.05, 4.69) is 10.2 Å². The van der Waals surface area contributed by atoms with Crippen molar-refractivity contribution in [3.05, 3.63) is 35.4 Å². The summed E-state index contributed by atoms with van der Waals surface area (Å²) in [5, 5.41) is 2.95. The molecule has 0 aliphatic carbocycles. The number of rotatable bonds is 6. The first-order valence-electron chi connectivity index (χ1n) is 9.77. The summed E-state index contributed by atoms with van der Waals surface area (Å²) in [6.07, 6.45) is -4.35. The van der Waals surface area contributed by atoms with E-state index in [0.29, 0.717) is 25.3 Å². The fourth-order valence-electron chi connectivity index (χ4n) is 3.74. The summed E-state index contributed by atoms with van der Waals surface area (Å²) in [4.78, 5) is 28.5. The quantitative estimate of drug-likeness (QED) is 0.774. The highest BCUT2D eigenvalue weighted by Gasteiger charge is 2.35. The minimum atomic E-state index is -4.43. The highest BCUT2D eigenvalue weighted by Crippen LogP contribution is 2.30. The second kappa shape index (κ2) is 9.13. The third-order valence-corrected chi connectivity index (χ3v) is 5.24. The molecular formula is C20H26F3N3O3. The number of likely N-dealkylation sites (tertiary alicyclic amines) is 1. The Labute approximate surface area is 168 Å². The van der Waals surface area contributed by atoms with E-state index < -0.39 is 17.7 Å². The number of carbonyl (C=O) groups excluding carboxylic acids is 2. The highest BCUT2D eigenvalue weighted by atomic mass is 19.4. The molecule has 9 heteroatoms. The Hall–Kier alpha value is -2.13. The summed E-state index contributed by atoms with van der Waals surface area (Å²) in [5.41, 5.74) is -0.345. The molecule has 0 aromatic heterocycles. The fraction of sp³-hybridized carbons (Fsp3) is 0.600. The molecule has 2 heterocycles. The smallest absolute Gasteiger partial charge is 0.379 e. The van der Waals surface area contributed by atoms with Gasteiger partial charge in [0.25, 0.3) is 0 Å². The van der Waals surface area contributed by atoms with Crippen molar-refractivity contribution < 1.29 is 27.5 Å². The van der Waals surface area contributed by atoms with Gasteiger partial charge in [-0.15, -0.1) is 0 Å². The monoisotopic (exact) mass is 413 g/mol. The maximum Gasteiger partial charge on any atom is 0.416 e. The van der Waals surface area contributed by atoms with Crippen molar-refractivity contribution in [3.63, 3.8) is 0 Å². The second-order valence-corrected chi connectivity index (χ2v) is 7.70. The van der Waals surface area contributed by atoms with E-state index in [0.717, 1.165) is 25.2 Å². The van der Waals surface area contributed by atoms with Crippen LogP contribution in [0.2, 0.25) is 0 Å². The van der Waals surface area contributed by atoms with Gasteiger partial charge < -0.3 is 15.0 Å². The number of hydrogen-bond acceptors (Lipinski definition) is 4. The molecule has 2 atom stereocenters. The normalized spacial score (nSPS) is 22.0. The van der Waals surface area contributed by atoms with Crippen LogP contribution in [0.4, 0.5) is 13.2 Å². The van der Waals surface area contributed by atoms with Gasteiger partial charge in [0.05, 0.1) is 24.7 Å². The lowest BCUT2D eigenvalue weighted by atomic mass is 10.1. The van der Waals surface area contributed by atoms with Crippen molar-refractivity contribution in [2.45, 2.75) is 32.1 Å². The van der Waals surface area contributed by atoms with E-state index in [1.54, 1.807) is 6.07 Å². The second-order valence-electron chi connectivity index (χ2n) is 7.70. The number of morpholine rings is 1. The number of ether oxygens (including phenoxy) is 1. The van der Waals surface area contributed by atoms with Crippen LogP contribution in [0.15, 0.2) is 24.3 Å². The number of nitrogens with zero attached hydrogens (tertiary/aromatic N) is 2. The Kier molecular flexibility index (Phi) is 6.79. The van der Waals surface area contributed by atoms with Crippen LogP contribution in [0.5, 0.6) is 0 Å². The first-order valence-corrected chi connectivity index (χ1v) is 9.77. The summed E-state index contributed by atoms with van der Waals surface area (Å²) in [7, 11) is 0. The molecule has 0 radical (unpaired) electrons. The topological polar surface area (TPSA) is 61.9 Å². The largest absolute Gasteiger partial charge is 0.416 e. The van der Waals surface area contributed by atoms with Gasteiger partial charge in [-0.25, -0.2) is 0 Å². The predicted octanol–water partition coefficient (Wildman–Crippen LogP) is 1.89. The van der Waals surface area contributed by atoms with Gasteiger partial charge in [0.2, 0.25) is 11.8 Å². The molecule has 2 unspecified atom stereocenters. The van der Waals surface area contributed by atoms with E-state index in [1.165, 1.54) is 11.0 Å². The van der Waals surface area contributed by atoms with Crippen molar-refractivity contribution >= 4 is 11.8 Å². The molecule has 1 aromatic carbocycles. The number of alkyl halides is 3. The molecule has 1 aromatic rings. The molecule has 6 nitrogen and oxygen atoms in total. The number of halogens is 3. The first-order chi connectivity index (χ1) is 13.7. The molecular weight excluding hydrogens is 387 g/mol. The molecule has 1 N–H and O–H groups in total. The minimum absolute atomic E-state index is 0.0618. The average Bonchev–Trinajstić information content (AvgIpc) is 3.03. The zero-order valence-electron chi connectivity index (χ0n) is 16.4. The molecule has 2 aliphatic rings. The van der Waals surface area contributed by atoms with Crippen LogP contribution in [0.1, 0.15) is 24.5 Å². The summed E-state index contributed by atoms with van der Waals surface area (Å²) in [5.74, 6) is -0.894. The maximum absolute atomic E-state index is 12.9. The third-order valence-electron chi connectivity index (χ3n) is 5.24. The molecule has 160 valence electrons. The molecule has 2 amide bonds. The highest BCUT2D eigenvalue weighted by molar-refractivity contribution is 5.89. The molecule has 3 rings (SSSR count). The molecule has 2 aliphatic heterocycles. The lowest BCUT2D eigenvalue weighted by Crippen LogP contribution is -2.47. The number of hydrogen-bond donors (Lipinski definition) is 1. The zero-order valence-corrected chi connectivity index (χ0v) is 16.4. The Morgan fingerprint density at radius 1 is 1.31 bits per heavy atom. The number of benzene rings is 1. The van der Waals surface area contributed by atoms with Gasteiger partial charge in [0.15, 0.2) is 0 Å². The van der Waals surface area contributed by atoms with Gasteiger partial charge in [-0.05, 0) is 24.6 Å².